The van der Waals surface area contributed by atoms with E-state index in [2.05, 4.69) is 10.1 Å². The number of hydrogen-bond donors (Lipinski definition) is 2. The van der Waals surface area contributed by atoms with Crippen molar-refractivity contribution in [2.45, 2.75) is 13.3 Å². The maximum Gasteiger partial charge on any atom is 0.264 e. The van der Waals surface area contributed by atoms with E-state index in [1.54, 1.807) is 48.8 Å². The number of halogens is 2. The molecular formula is C24H20ClFN6O2. The number of amides is 1. The Morgan fingerprint density at radius 2 is 1.91 bits per heavy atom. The van der Waals surface area contributed by atoms with Gasteiger partial charge in [-0.05, 0) is 42.1 Å². The molecule has 5 aromatic rings. The standard InChI is InChI=1S/C17H13ClFNO.C7H7N5O/c1-2-12-10-11-6-5-7-13(18)16(11)17(21)20(12)15-9-4-3-8-14(15)19;8-5-4(6(9)13)7-10-2-1-3-12(7)11-5/h3-10H,2H2,1H3;1-3H,(H2,8,11)(H2,9,13). The molecular weight excluding hydrogens is 459 g/mol. The van der Waals surface area contributed by atoms with E-state index in [-0.39, 0.29) is 22.6 Å². The summed E-state index contributed by atoms with van der Waals surface area (Å²) in [5.74, 6) is -0.946. The van der Waals surface area contributed by atoms with E-state index in [9.17, 15) is 14.0 Å². The molecule has 0 saturated carbocycles. The zero-order chi connectivity index (χ0) is 24.4. The van der Waals surface area contributed by atoms with Crippen LogP contribution in [0.15, 0.2) is 71.8 Å². The second-order valence-corrected chi connectivity index (χ2v) is 7.70. The Balaban J connectivity index is 0.000000180. The van der Waals surface area contributed by atoms with Gasteiger partial charge < -0.3 is 11.5 Å². The minimum absolute atomic E-state index is 0.103. The van der Waals surface area contributed by atoms with Gasteiger partial charge in [-0.2, -0.15) is 0 Å². The molecule has 0 unspecified atom stereocenters. The molecule has 0 atom stereocenters. The highest BCUT2D eigenvalue weighted by molar-refractivity contribution is 6.35. The van der Waals surface area contributed by atoms with E-state index in [4.69, 9.17) is 23.1 Å². The van der Waals surface area contributed by atoms with Crippen LogP contribution in [0, 0.1) is 5.82 Å². The summed E-state index contributed by atoms with van der Waals surface area (Å²) in [6, 6.07) is 15.1. The fourth-order valence-electron chi connectivity index (χ4n) is 3.67. The number of nitrogens with two attached hydrogens (primary N) is 2. The Bertz CT molecular complexity index is 1590. The number of pyridine rings is 1. The molecule has 1 amide bonds. The maximum absolute atomic E-state index is 14.1. The van der Waals surface area contributed by atoms with E-state index < -0.39 is 11.7 Å². The lowest BCUT2D eigenvalue weighted by Crippen LogP contribution is -2.23. The summed E-state index contributed by atoms with van der Waals surface area (Å²) in [7, 11) is 0. The van der Waals surface area contributed by atoms with Gasteiger partial charge in [0, 0.05) is 18.1 Å². The normalized spacial score (nSPS) is 10.8. The van der Waals surface area contributed by atoms with Crippen LogP contribution in [-0.4, -0.2) is 25.1 Å². The van der Waals surface area contributed by atoms with Gasteiger partial charge in [0.15, 0.2) is 11.5 Å². The van der Waals surface area contributed by atoms with Crippen molar-refractivity contribution in [1.29, 1.82) is 0 Å². The molecule has 172 valence electrons. The van der Waals surface area contributed by atoms with E-state index in [1.165, 1.54) is 15.1 Å². The summed E-state index contributed by atoms with van der Waals surface area (Å²) in [5, 5.41) is 5.44. The first kappa shape index (κ1) is 22.9. The smallest absolute Gasteiger partial charge is 0.264 e. The van der Waals surface area contributed by atoms with Crippen molar-refractivity contribution < 1.29 is 9.18 Å². The van der Waals surface area contributed by atoms with Crippen molar-refractivity contribution in [1.82, 2.24) is 19.2 Å². The second-order valence-electron chi connectivity index (χ2n) is 7.30. The minimum atomic E-state index is -0.619. The van der Waals surface area contributed by atoms with Crippen LogP contribution >= 0.6 is 11.6 Å². The Kier molecular flexibility index (Phi) is 6.29. The highest BCUT2D eigenvalue weighted by atomic mass is 35.5. The monoisotopic (exact) mass is 478 g/mol. The first-order chi connectivity index (χ1) is 16.3. The van der Waals surface area contributed by atoms with E-state index >= 15 is 0 Å². The highest BCUT2D eigenvalue weighted by Crippen LogP contribution is 2.23. The summed E-state index contributed by atoms with van der Waals surface area (Å²) in [6.07, 6.45) is 3.81. The quantitative estimate of drug-likeness (QED) is 0.409. The number of aryl methyl sites for hydroxylation is 1. The van der Waals surface area contributed by atoms with Crippen LogP contribution in [0.5, 0.6) is 0 Å². The number of carbonyl (C=O) groups excluding carboxylic acids is 1. The first-order valence-electron chi connectivity index (χ1n) is 10.3. The number of carbonyl (C=O) groups is 1. The number of rotatable bonds is 3. The van der Waals surface area contributed by atoms with Gasteiger partial charge in [-0.1, -0.05) is 42.8 Å². The second kappa shape index (κ2) is 9.32. The van der Waals surface area contributed by atoms with Gasteiger partial charge in [0.1, 0.15) is 11.4 Å². The molecule has 8 nitrogen and oxygen atoms in total. The summed E-state index contributed by atoms with van der Waals surface area (Å²) in [4.78, 5) is 27.7. The zero-order valence-electron chi connectivity index (χ0n) is 18.1. The fourth-order valence-corrected chi connectivity index (χ4v) is 3.93. The molecule has 0 bridgehead atoms. The third-order valence-corrected chi connectivity index (χ3v) is 5.51. The molecule has 0 fully saturated rings. The highest BCUT2D eigenvalue weighted by Gasteiger charge is 2.16. The number of benzene rings is 2. The van der Waals surface area contributed by atoms with Gasteiger partial charge >= 0.3 is 0 Å². The van der Waals surface area contributed by atoms with Crippen molar-refractivity contribution in [3.63, 3.8) is 0 Å². The van der Waals surface area contributed by atoms with Gasteiger partial charge in [-0.15, -0.1) is 5.10 Å². The predicted molar refractivity (Wildman–Crippen MR) is 130 cm³/mol. The molecule has 0 aliphatic carbocycles. The lowest BCUT2D eigenvalue weighted by atomic mass is 10.1. The van der Waals surface area contributed by atoms with Gasteiger partial charge in [0.25, 0.3) is 11.5 Å². The van der Waals surface area contributed by atoms with Crippen molar-refractivity contribution in [2.75, 3.05) is 5.73 Å². The van der Waals surface area contributed by atoms with Crippen molar-refractivity contribution >= 4 is 39.7 Å². The average Bonchev–Trinajstić information content (AvgIpc) is 3.16. The summed E-state index contributed by atoms with van der Waals surface area (Å²) >= 11 is 6.15. The topological polar surface area (TPSA) is 121 Å². The van der Waals surface area contributed by atoms with Crippen molar-refractivity contribution in [2.24, 2.45) is 5.73 Å². The molecule has 0 aliphatic rings. The maximum atomic E-state index is 14.1. The molecule has 0 saturated heterocycles. The number of nitrogen functional groups attached to an aromatic ring is 1. The number of para-hydroxylation sites is 1. The number of hydrogen-bond acceptors (Lipinski definition) is 5. The summed E-state index contributed by atoms with van der Waals surface area (Å²) in [5.41, 5.74) is 11.9. The van der Waals surface area contributed by atoms with Gasteiger partial charge in [0.2, 0.25) is 0 Å². The molecule has 0 aliphatic heterocycles. The van der Waals surface area contributed by atoms with Crippen LogP contribution < -0.4 is 17.0 Å². The van der Waals surface area contributed by atoms with Crippen LogP contribution in [-0.2, 0) is 6.42 Å². The Morgan fingerprint density at radius 3 is 2.62 bits per heavy atom. The van der Waals surface area contributed by atoms with Crippen LogP contribution in [0.4, 0.5) is 10.2 Å². The molecule has 3 heterocycles. The SMILES string of the molecule is CCc1cc2cccc(Cl)c2c(=O)n1-c1ccccc1F.NC(=O)c1c(N)nn2cccnc12. The number of anilines is 1. The fraction of sp³-hybridized carbons (Fsp3) is 0.0833. The molecule has 3 aromatic heterocycles. The van der Waals surface area contributed by atoms with E-state index in [1.807, 2.05) is 19.1 Å². The molecule has 34 heavy (non-hydrogen) atoms. The lowest BCUT2D eigenvalue weighted by molar-refractivity contribution is 0.100. The Hall–Kier alpha value is -4.24. The van der Waals surface area contributed by atoms with Crippen LogP contribution in [0.1, 0.15) is 23.0 Å². The molecule has 4 N–H and O–H groups in total. The van der Waals surface area contributed by atoms with Crippen molar-refractivity contribution in [3.8, 4) is 5.69 Å². The lowest BCUT2D eigenvalue weighted by Gasteiger charge is -2.14. The predicted octanol–water partition coefficient (Wildman–Crippen LogP) is 3.76. The molecule has 5 rings (SSSR count). The first-order valence-corrected chi connectivity index (χ1v) is 10.7. The van der Waals surface area contributed by atoms with E-state index in [0.29, 0.717) is 22.5 Å². The molecule has 0 spiro atoms. The van der Waals surface area contributed by atoms with Crippen LogP contribution in [0.25, 0.3) is 22.1 Å². The number of nitrogens with zero attached hydrogens (tertiary/aromatic N) is 4. The largest absolute Gasteiger partial charge is 0.381 e. The Labute approximate surface area is 198 Å². The number of fused-ring (bicyclic) bond motifs is 2. The number of aromatic nitrogens is 4. The van der Waals surface area contributed by atoms with Gasteiger partial charge in [-0.25, -0.2) is 13.9 Å². The minimum Gasteiger partial charge on any atom is -0.381 e. The summed E-state index contributed by atoms with van der Waals surface area (Å²) in [6.45, 7) is 1.93. The molecule has 0 radical (unpaired) electrons. The Morgan fingerprint density at radius 1 is 1.15 bits per heavy atom. The van der Waals surface area contributed by atoms with Crippen molar-refractivity contribution in [3.05, 3.63) is 99.4 Å². The van der Waals surface area contributed by atoms with Gasteiger partial charge in [0.05, 0.1) is 16.1 Å². The van der Waals surface area contributed by atoms with Crippen LogP contribution in [0.3, 0.4) is 0 Å². The molecule has 2 aromatic carbocycles. The third-order valence-electron chi connectivity index (χ3n) is 5.20. The zero-order valence-corrected chi connectivity index (χ0v) is 18.8. The summed E-state index contributed by atoms with van der Waals surface area (Å²) < 4.78 is 16.9. The number of primary amides is 1. The van der Waals surface area contributed by atoms with E-state index in [0.717, 1.165) is 11.1 Å². The third kappa shape index (κ3) is 4.08. The van der Waals surface area contributed by atoms with Crippen LogP contribution in [0.2, 0.25) is 5.02 Å². The molecule has 10 heteroatoms. The average molecular weight is 479 g/mol. The van der Waals surface area contributed by atoms with Gasteiger partial charge in [-0.3, -0.25) is 14.2 Å².